The molecule has 0 aliphatic rings. The van der Waals surface area contributed by atoms with Crippen molar-refractivity contribution in [1.29, 1.82) is 0 Å². The van der Waals surface area contributed by atoms with Crippen LogP contribution >= 0.6 is 0 Å². The summed E-state index contributed by atoms with van der Waals surface area (Å²) in [5, 5.41) is 0. The zero-order valence-corrected chi connectivity index (χ0v) is 30.4. The Morgan fingerprint density at radius 1 is 0.214 bits per heavy atom. The number of nitrogens with two attached hydrogens (primary N) is 4. The quantitative estimate of drug-likeness (QED) is 0.102. The van der Waals surface area contributed by atoms with Crippen LogP contribution in [0.3, 0.4) is 0 Å². The molecule has 0 aliphatic carbocycles. The van der Waals surface area contributed by atoms with Gasteiger partial charge in [0, 0.05) is 47.0 Å². The van der Waals surface area contributed by atoms with Gasteiger partial charge in [0.15, 0.2) is 0 Å². The van der Waals surface area contributed by atoms with E-state index in [1.54, 1.807) is 24.3 Å². The smallest absolute Gasteiger partial charge is 0.129 e. The molecule has 0 saturated heterocycles. The summed E-state index contributed by atoms with van der Waals surface area (Å²) in [5.74, 6) is 5.91. The van der Waals surface area contributed by atoms with Gasteiger partial charge in [-0.1, -0.05) is 72.8 Å². The number of anilines is 4. The van der Waals surface area contributed by atoms with E-state index >= 15 is 0 Å². The standard InChI is InChI=1S/2C24H20N2O2/c2*25-19-3-1-5-23(15-19)27-21-11-7-17(8-12-21)18-9-13-22(14-10-18)28-24-6-2-4-20(26)16-24/h2*1-16H,25-26H2. The lowest BCUT2D eigenvalue weighted by Gasteiger charge is -2.09. The second kappa shape index (κ2) is 17.3. The van der Waals surface area contributed by atoms with Crippen LogP contribution in [0, 0.1) is 0 Å². The first kappa shape index (κ1) is 36.5. The van der Waals surface area contributed by atoms with Gasteiger partial charge in [0.25, 0.3) is 0 Å². The van der Waals surface area contributed by atoms with E-state index in [0.29, 0.717) is 22.7 Å². The predicted octanol–water partition coefficient (Wildman–Crippen LogP) is 12.2. The van der Waals surface area contributed by atoms with Gasteiger partial charge in [-0.3, -0.25) is 0 Å². The maximum Gasteiger partial charge on any atom is 0.129 e. The summed E-state index contributed by atoms with van der Waals surface area (Å²) in [6.45, 7) is 0. The molecule has 0 amide bonds. The maximum absolute atomic E-state index is 5.83. The fourth-order valence-electron chi connectivity index (χ4n) is 5.72. The molecule has 0 unspecified atom stereocenters. The van der Waals surface area contributed by atoms with Gasteiger partial charge in [-0.2, -0.15) is 0 Å². The molecule has 0 aliphatic heterocycles. The largest absolute Gasteiger partial charge is 0.457 e. The van der Waals surface area contributed by atoms with Gasteiger partial charge < -0.3 is 41.9 Å². The van der Waals surface area contributed by atoms with Crippen LogP contribution in [0.1, 0.15) is 0 Å². The molecule has 8 aromatic rings. The summed E-state index contributed by atoms with van der Waals surface area (Å²) in [6, 6.07) is 61.2. The van der Waals surface area contributed by atoms with Gasteiger partial charge in [-0.25, -0.2) is 0 Å². The Morgan fingerprint density at radius 2 is 0.411 bits per heavy atom. The Labute approximate surface area is 326 Å². The molecule has 8 rings (SSSR count). The molecule has 0 spiro atoms. The molecule has 0 bridgehead atoms. The molecule has 0 fully saturated rings. The molecular formula is C48H40N4O4. The van der Waals surface area contributed by atoms with Gasteiger partial charge in [-0.15, -0.1) is 0 Å². The zero-order valence-electron chi connectivity index (χ0n) is 30.4. The highest BCUT2D eigenvalue weighted by Crippen LogP contribution is 2.31. The van der Waals surface area contributed by atoms with Gasteiger partial charge in [0.05, 0.1) is 0 Å². The fraction of sp³-hybridized carbons (Fsp3) is 0. The van der Waals surface area contributed by atoms with Crippen LogP contribution in [0.5, 0.6) is 46.0 Å². The molecule has 0 radical (unpaired) electrons. The van der Waals surface area contributed by atoms with E-state index in [-0.39, 0.29) is 0 Å². The number of nitrogen functional groups attached to an aromatic ring is 4. The van der Waals surface area contributed by atoms with Crippen LogP contribution in [0.2, 0.25) is 0 Å². The van der Waals surface area contributed by atoms with Crippen LogP contribution in [0.25, 0.3) is 22.3 Å². The van der Waals surface area contributed by atoms with Crippen molar-refractivity contribution in [1.82, 2.24) is 0 Å². The molecule has 0 aromatic heterocycles. The summed E-state index contributed by atoms with van der Waals surface area (Å²) in [7, 11) is 0. The van der Waals surface area contributed by atoms with Crippen LogP contribution in [-0.2, 0) is 0 Å². The maximum atomic E-state index is 5.83. The van der Waals surface area contributed by atoms with Crippen molar-refractivity contribution < 1.29 is 18.9 Å². The minimum absolute atomic E-state index is 0.676. The van der Waals surface area contributed by atoms with Crippen molar-refractivity contribution in [2.24, 2.45) is 0 Å². The Balaban J connectivity index is 0.000000172. The number of ether oxygens (including phenoxy) is 4. The normalized spacial score (nSPS) is 10.4. The van der Waals surface area contributed by atoms with Crippen LogP contribution in [0.4, 0.5) is 22.7 Å². The van der Waals surface area contributed by atoms with Crippen molar-refractivity contribution in [2.45, 2.75) is 0 Å². The summed E-state index contributed by atoms with van der Waals surface area (Å²) >= 11 is 0. The van der Waals surface area contributed by atoms with Gasteiger partial charge in [0.2, 0.25) is 0 Å². The molecule has 56 heavy (non-hydrogen) atoms. The molecule has 8 heteroatoms. The lowest BCUT2D eigenvalue weighted by molar-refractivity contribution is 0.482. The van der Waals surface area contributed by atoms with Crippen molar-refractivity contribution >= 4 is 22.7 Å². The predicted molar refractivity (Wildman–Crippen MR) is 227 cm³/mol. The summed E-state index contributed by atoms with van der Waals surface area (Å²) in [5.41, 5.74) is 30.2. The first-order chi connectivity index (χ1) is 27.3. The van der Waals surface area contributed by atoms with E-state index in [1.807, 2.05) is 170 Å². The highest BCUT2D eigenvalue weighted by atomic mass is 16.5. The summed E-state index contributed by atoms with van der Waals surface area (Å²) < 4.78 is 23.3. The van der Waals surface area contributed by atoms with Crippen LogP contribution in [0.15, 0.2) is 194 Å². The van der Waals surface area contributed by atoms with E-state index in [1.165, 1.54) is 0 Å². The van der Waals surface area contributed by atoms with E-state index in [4.69, 9.17) is 41.9 Å². The molecule has 8 N–H and O–H groups in total. The molecule has 0 heterocycles. The van der Waals surface area contributed by atoms with Crippen LogP contribution in [-0.4, -0.2) is 0 Å². The van der Waals surface area contributed by atoms with E-state index in [9.17, 15) is 0 Å². The minimum atomic E-state index is 0.676. The number of hydrogen-bond donors (Lipinski definition) is 4. The fourth-order valence-corrected chi connectivity index (χ4v) is 5.72. The summed E-state index contributed by atoms with van der Waals surface area (Å²) in [4.78, 5) is 0. The number of benzene rings is 8. The van der Waals surface area contributed by atoms with E-state index < -0.39 is 0 Å². The Hall–Kier alpha value is -7.84. The van der Waals surface area contributed by atoms with E-state index in [0.717, 1.165) is 68.2 Å². The second-order valence-electron chi connectivity index (χ2n) is 12.8. The van der Waals surface area contributed by atoms with Gasteiger partial charge in [-0.05, 0) is 119 Å². The Bertz CT molecular complexity index is 2150. The van der Waals surface area contributed by atoms with E-state index in [2.05, 4.69) is 0 Å². The molecule has 0 atom stereocenters. The number of hydrogen-bond acceptors (Lipinski definition) is 8. The average Bonchev–Trinajstić information content (AvgIpc) is 3.20. The average molecular weight is 737 g/mol. The monoisotopic (exact) mass is 736 g/mol. The third-order valence-corrected chi connectivity index (χ3v) is 8.46. The highest BCUT2D eigenvalue weighted by Gasteiger charge is 2.05. The first-order valence-corrected chi connectivity index (χ1v) is 17.9. The van der Waals surface area contributed by atoms with Gasteiger partial charge in [0.1, 0.15) is 46.0 Å². The summed E-state index contributed by atoms with van der Waals surface area (Å²) in [6.07, 6.45) is 0. The Kier molecular flexibility index (Phi) is 11.3. The third kappa shape index (κ3) is 10.2. The zero-order chi connectivity index (χ0) is 38.7. The minimum Gasteiger partial charge on any atom is -0.457 e. The Morgan fingerprint density at radius 3 is 0.589 bits per heavy atom. The lowest BCUT2D eigenvalue weighted by Crippen LogP contribution is -1.88. The van der Waals surface area contributed by atoms with Crippen LogP contribution < -0.4 is 41.9 Å². The first-order valence-electron chi connectivity index (χ1n) is 17.9. The molecule has 8 nitrogen and oxygen atoms in total. The SMILES string of the molecule is Nc1cccc(Oc2ccc(-c3ccc(Oc4cccc(N)c4)cc3)cc2)c1.Nc1cccc(Oc2ccc(-c3ccc(Oc4cccc(N)c4)cc3)cc2)c1. The van der Waals surface area contributed by atoms with Gasteiger partial charge >= 0.3 is 0 Å². The molecule has 0 saturated carbocycles. The van der Waals surface area contributed by atoms with Crippen molar-refractivity contribution in [3.8, 4) is 68.2 Å². The van der Waals surface area contributed by atoms with Crippen molar-refractivity contribution in [3.05, 3.63) is 194 Å². The van der Waals surface area contributed by atoms with Crippen molar-refractivity contribution in [3.63, 3.8) is 0 Å². The van der Waals surface area contributed by atoms with Crippen molar-refractivity contribution in [2.75, 3.05) is 22.9 Å². The second-order valence-corrected chi connectivity index (χ2v) is 12.8. The lowest BCUT2D eigenvalue weighted by atomic mass is 10.1. The molecular weight excluding hydrogens is 697 g/mol. The third-order valence-electron chi connectivity index (χ3n) is 8.46. The number of rotatable bonds is 10. The topological polar surface area (TPSA) is 141 Å². The molecule has 276 valence electrons. The molecule has 8 aromatic carbocycles. The highest BCUT2D eigenvalue weighted by molar-refractivity contribution is 5.66.